The minimum absolute atomic E-state index is 0.619. The Morgan fingerprint density at radius 2 is 1.85 bits per heavy atom. The highest BCUT2D eigenvalue weighted by Crippen LogP contribution is 2.27. The molecule has 0 atom stereocenters. The molecule has 0 aliphatic carbocycles. The number of rotatable bonds is 4. The number of methoxy groups -OCH3 is 1. The lowest BCUT2D eigenvalue weighted by atomic mass is 10.2. The van der Waals surface area contributed by atoms with E-state index in [1.807, 2.05) is 25.4 Å². The molecule has 7 heteroatoms. The third-order valence-corrected chi connectivity index (χ3v) is 4.73. The van der Waals surface area contributed by atoms with Gasteiger partial charge >= 0.3 is 0 Å². The zero-order chi connectivity index (χ0) is 17.9. The van der Waals surface area contributed by atoms with Crippen molar-refractivity contribution in [2.75, 3.05) is 38.2 Å². The number of benzene rings is 1. The molecule has 1 aromatic carbocycles. The lowest BCUT2D eigenvalue weighted by Crippen LogP contribution is -2.46. The topological polar surface area (TPSA) is 67.3 Å². The highest BCUT2D eigenvalue weighted by molar-refractivity contribution is 5.86. The van der Waals surface area contributed by atoms with Crippen molar-refractivity contribution in [1.29, 1.82) is 0 Å². The summed E-state index contributed by atoms with van der Waals surface area (Å²) in [4.78, 5) is 22.1. The molecule has 3 heterocycles. The van der Waals surface area contributed by atoms with Crippen molar-refractivity contribution < 1.29 is 4.74 Å². The van der Waals surface area contributed by atoms with Gasteiger partial charge in [0, 0.05) is 50.8 Å². The quantitative estimate of drug-likeness (QED) is 0.713. The summed E-state index contributed by atoms with van der Waals surface area (Å²) in [6, 6.07) is 6.27. The molecule has 0 unspecified atom stereocenters. The standard InChI is InChI=1S/C19H22N6O/c1-14-10-21-15(11-20-14)12-24-5-7-25(8-6-24)16-3-4-18-17(9-16)19(26-2)23-13-22-18/h3-4,9-11,13H,5-8,12H2,1-2H3. The second-order valence-electron chi connectivity index (χ2n) is 6.50. The van der Waals surface area contributed by atoms with Crippen LogP contribution in [0, 0.1) is 6.92 Å². The zero-order valence-electron chi connectivity index (χ0n) is 15.1. The van der Waals surface area contributed by atoms with Gasteiger partial charge in [0.2, 0.25) is 5.88 Å². The van der Waals surface area contributed by atoms with Gasteiger partial charge in [-0.3, -0.25) is 14.9 Å². The van der Waals surface area contributed by atoms with Crippen LogP contribution in [0.15, 0.2) is 36.9 Å². The minimum Gasteiger partial charge on any atom is -0.480 e. The van der Waals surface area contributed by atoms with Crippen molar-refractivity contribution in [1.82, 2.24) is 24.8 Å². The second kappa shape index (κ2) is 7.21. The van der Waals surface area contributed by atoms with Crippen LogP contribution in [0.25, 0.3) is 10.9 Å². The molecular formula is C19H22N6O. The fraction of sp³-hybridized carbons (Fsp3) is 0.368. The molecule has 0 spiro atoms. The maximum Gasteiger partial charge on any atom is 0.224 e. The Morgan fingerprint density at radius 3 is 2.58 bits per heavy atom. The van der Waals surface area contributed by atoms with E-state index in [-0.39, 0.29) is 0 Å². The van der Waals surface area contributed by atoms with E-state index in [0.29, 0.717) is 5.88 Å². The molecule has 134 valence electrons. The largest absolute Gasteiger partial charge is 0.480 e. The SMILES string of the molecule is COc1ncnc2ccc(N3CCN(Cc4cnc(C)cn4)CC3)cc12. The molecule has 0 amide bonds. The maximum atomic E-state index is 5.37. The summed E-state index contributed by atoms with van der Waals surface area (Å²) in [5.41, 5.74) is 4.06. The van der Waals surface area contributed by atoms with Crippen molar-refractivity contribution in [2.45, 2.75) is 13.5 Å². The lowest BCUT2D eigenvalue weighted by Gasteiger charge is -2.36. The van der Waals surface area contributed by atoms with Crippen molar-refractivity contribution in [2.24, 2.45) is 0 Å². The molecule has 1 fully saturated rings. The number of ether oxygens (including phenoxy) is 1. The van der Waals surface area contributed by atoms with E-state index in [1.165, 1.54) is 12.0 Å². The molecule has 3 aromatic rings. The van der Waals surface area contributed by atoms with Gasteiger partial charge in [-0.25, -0.2) is 9.97 Å². The summed E-state index contributed by atoms with van der Waals surface area (Å²) in [6.07, 6.45) is 5.24. The number of aryl methyl sites for hydroxylation is 1. The van der Waals surface area contributed by atoms with Gasteiger partial charge < -0.3 is 9.64 Å². The summed E-state index contributed by atoms with van der Waals surface area (Å²) in [5, 5.41) is 0.949. The molecule has 7 nitrogen and oxygen atoms in total. The first-order chi connectivity index (χ1) is 12.7. The number of hydrogen-bond donors (Lipinski definition) is 0. The predicted molar refractivity (Wildman–Crippen MR) is 100 cm³/mol. The van der Waals surface area contributed by atoms with E-state index in [9.17, 15) is 0 Å². The molecule has 0 saturated carbocycles. The van der Waals surface area contributed by atoms with E-state index < -0.39 is 0 Å². The van der Waals surface area contributed by atoms with Gasteiger partial charge in [-0.1, -0.05) is 0 Å². The average Bonchev–Trinajstić information content (AvgIpc) is 2.69. The molecule has 0 bridgehead atoms. The highest BCUT2D eigenvalue weighted by Gasteiger charge is 2.18. The summed E-state index contributed by atoms with van der Waals surface area (Å²) < 4.78 is 5.37. The normalized spacial score (nSPS) is 15.4. The number of piperazine rings is 1. The molecular weight excluding hydrogens is 328 g/mol. The number of aromatic nitrogens is 4. The predicted octanol–water partition coefficient (Wildman–Crippen LogP) is 2.06. The second-order valence-corrected chi connectivity index (χ2v) is 6.50. The summed E-state index contributed by atoms with van der Waals surface area (Å²) in [6.45, 7) is 6.74. The highest BCUT2D eigenvalue weighted by atomic mass is 16.5. The first kappa shape index (κ1) is 16.7. The lowest BCUT2D eigenvalue weighted by molar-refractivity contribution is 0.247. The fourth-order valence-corrected chi connectivity index (χ4v) is 3.27. The molecule has 0 N–H and O–H groups in total. The molecule has 4 rings (SSSR count). The van der Waals surface area contributed by atoms with E-state index in [0.717, 1.165) is 55.0 Å². The molecule has 1 aliphatic heterocycles. The zero-order valence-corrected chi connectivity index (χ0v) is 15.1. The fourth-order valence-electron chi connectivity index (χ4n) is 3.27. The van der Waals surface area contributed by atoms with Crippen LogP contribution in [0.5, 0.6) is 5.88 Å². The average molecular weight is 350 g/mol. The van der Waals surface area contributed by atoms with Gasteiger partial charge in [0.15, 0.2) is 0 Å². The van der Waals surface area contributed by atoms with E-state index in [2.05, 4.69) is 41.9 Å². The first-order valence-corrected chi connectivity index (χ1v) is 8.76. The van der Waals surface area contributed by atoms with Gasteiger partial charge in [0.05, 0.1) is 29.4 Å². The first-order valence-electron chi connectivity index (χ1n) is 8.76. The molecule has 1 saturated heterocycles. The summed E-state index contributed by atoms with van der Waals surface area (Å²) in [5.74, 6) is 0.619. The minimum atomic E-state index is 0.619. The number of anilines is 1. The third-order valence-electron chi connectivity index (χ3n) is 4.73. The van der Waals surface area contributed by atoms with Crippen LogP contribution < -0.4 is 9.64 Å². The monoisotopic (exact) mass is 350 g/mol. The van der Waals surface area contributed by atoms with Crippen LogP contribution in [0.1, 0.15) is 11.4 Å². The van der Waals surface area contributed by atoms with Crippen LogP contribution in [0.2, 0.25) is 0 Å². The van der Waals surface area contributed by atoms with Gasteiger partial charge in [-0.15, -0.1) is 0 Å². The van der Waals surface area contributed by atoms with E-state index in [4.69, 9.17) is 4.74 Å². The van der Waals surface area contributed by atoms with Crippen molar-refractivity contribution in [3.63, 3.8) is 0 Å². The molecule has 26 heavy (non-hydrogen) atoms. The maximum absolute atomic E-state index is 5.37. The van der Waals surface area contributed by atoms with Crippen LogP contribution in [-0.4, -0.2) is 58.1 Å². The smallest absolute Gasteiger partial charge is 0.224 e. The van der Waals surface area contributed by atoms with E-state index in [1.54, 1.807) is 7.11 Å². The van der Waals surface area contributed by atoms with Crippen LogP contribution in [0.3, 0.4) is 0 Å². The van der Waals surface area contributed by atoms with Crippen molar-refractivity contribution in [3.8, 4) is 5.88 Å². The Balaban J connectivity index is 1.44. The van der Waals surface area contributed by atoms with Crippen LogP contribution in [-0.2, 0) is 6.54 Å². The number of fused-ring (bicyclic) bond motifs is 1. The Morgan fingerprint density at radius 1 is 1.00 bits per heavy atom. The van der Waals surface area contributed by atoms with Gasteiger partial charge in [0.25, 0.3) is 0 Å². The summed E-state index contributed by atoms with van der Waals surface area (Å²) >= 11 is 0. The number of nitrogens with zero attached hydrogens (tertiary/aromatic N) is 6. The Hall–Kier alpha value is -2.80. The van der Waals surface area contributed by atoms with Gasteiger partial charge in [-0.05, 0) is 25.1 Å². The van der Waals surface area contributed by atoms with Crippen molar-refractivity contribution in [3.05, 3.63) is 48.3 Å². The molecule has 2 aromatic heterocycles. The van der Waals surface area contributed by atoms with Crippen molar-refractivity contribution >= 4 is 16.6 Å². The summed E-state index contributed by atoms with van der Waals surface area (Å²) in [7, 11) is 1.64. The number of hydrogen-bond acceptors (Lipinski definition) is 7. The van der Waals surface area contributed by atoms with Gasteiger partial charge in [0.1, 0.15) is 6.33 Å². The Bertz CT molecular complexity index is 890. The van der Waals surface area contributed by atoms with Crippen LogP contribution in [0.4, 0.5) is 5.69 Å². The Labute approximate surface area is 152 Å². The molecule has 0 radical (unpaired) electrons. The molecule has 1 aliphatic rings. The van der Waals surface area contributed by atoms with Gasteiger partial charge in [-0.2, -0.15) is 0 Å². The van der Waals surface area contributed by atoms with Crippen LogP contribution >= 0.6 is 0 Å². The Kier molecular flexibility index (Phi) is 4.62. The van der Waals surface area contributed by atoms with E-state index >= 15 is 0 Å². The third kappa shape index (κ3) is 3.43.